The molecule has 1 rings (SSSR count). The first-order chi connectivity index (χ1) is 8.17. The van der Waals surface area contributed by atoms with E-state index in [9.17, 15) is 9.59 Å². The predicted molar refractivity (Wildman–Crippen MR) is 64.8 cm³/mol. The average Bonchev–Trinajstić information content (AvgIpc) is 2.38. The molecule has 0 saturated heterocycles. The van der Waals surface area contributed by atoms with E-state index >= 15 is 0 Å². The largest absolute Gasteiger partial charge is 0.453 e. The van der Waals surface area contributed by atoms with Crippen molar-refractivity contribution >= 4 is 11.9 Å². The third-order valence-electron chi connectivity index (χ3n) is 2.50. The summed E-state index contributed by atoms with van der Waals surface area (Å²) in [7, 11) is 1.28. The van der Waals surface area contributed by atoms with Crippen LogP contribution in [0, 0.1) is 0 Å². The van der Waals surface area contributed by atoms with Crippen molar-refractivity contribution in [3.63, 3.8) is 0 Å². The van der Waals surface area contributed by atoms with Crippen molar-refractivity contribution in [1.29, 1.82) is 0 Å². The molecule has 1 N–H and O–H groups in total. The highest BCUT2D eigenvalue weighted by molar-refractivity contribution is 5.87. The van der Waals surface area contributed by atoms with E-state index in [-0.39, 0.29) is 5.78 Å². The van der Waals surface area contributed by atoms with Gasteiger partial charge in [0, 0.05) is 6.42 Å². The number of nitrogens with one attached hydrogen (secondary N) is 1. The van der Waals surface area contributed by atoms with E-state index in [0.29, 0.717) is 12.8 Å². The van der Waals surface area contributed by atoms with Crippen molar-refractivity contribution in [2.45, 2.75) is 25.8 Å². The van der Waals surface area contributed by atoms with Crippen LogP contribution in [-0.4, -0.2) is 25.0 Å². The monoisotopic (exact) mass is 235 g/mol. The number of carbonyl (C=O) groups is 2. The molecule has 92 valence electrons. The fourth-order valence-corrected chi connectivity index (χ4v) is 1.54. The molecule has 0 aliphatic carbocycles. The molecular formula is C13H17NO3. The number of rotatable bonds is 5. The van der Waals surface area contributed by atoms with Crippen molar-refractivity contribution in [1.82, 2.24) is 5.32 Å². The van der Waals surface area contributed by atoms with Crippen molar-refractivity contribution < 1.29 is 14.3 Å². The maximum atomic E-state index is 11.7. The van der Waals surface area contributed by atoms with Gasteiger partial charge in [0.1, 0.15) is 0 Å². The molecule has 1 unspecified atom stereocenters. The molecule has 0 radical (unpaired) electrons. The Morgan fingerprint density at radius 3 is 2.47 bits per heavy atom. The average molecular weight is 235 g/mol. The Kier molecular flexibility index (Phi) is 5.20. The number of ketones is 1. The Labute approximate surface area is 101 Å². The summed E-state index contributed by atoms with van der Waals surface area (Å²) in [6.45, 7) is 1.78. The molecule has 1 amide bonds. The van der Waals surface area contributed by atoms with Gasteiger partial charge in [-0.05, 0) is 12.0 Å². The molecule has 4 nitrogen and oxygen atoms in total. The molecule has 0 aliphatic rings. The van der Waals surface area contributed by atoms with E-state index in [2.05, 4.69) is 10.1 Å². The maximum absolute atomic E-state index is 11.7. The Balaban J connectivity index is 2.70. The molecule has 0 aliphatic heterocycles. The molecule has 4 heteroatoms. The fourth-order valence-electron chi connectivity index (χ4n) is 1.54. The zero-order valence-corrected chi connectivity index (χ0v) is 10.1. The highest BCUT2D eigenvalue weighted by atomic mass is 16.5. The second kappa shape index (κ2) is 6.68. The summed E-state index contributed by atoms with van der Waals surface area (Å²) in [6.07, 6.45) is 0.303. The van der Waals surface area contributed by atoms with Crippen molar-refractivity contribution in [2.24, 2.45) is 0 Å². The molecule has 0 heterocycles. The lowest BCUT2D eigenvalue weighted by Gasteiger charge is -2.16. The van der Waals surface area contributed by atoms with Gasteiger partial charge in [-0.15, -0.1) is 0 Å². The van der Waals surface area contributed by atoms with E-state index in [1.165, 1.54) is 7.11 Å². The molecule has 1 aromatic carbocycles. The third kappa shape index (κ3) is 4.26. The lowest BCUT2D eigenvalue weighted by Crippen LogP contribution is -2.42. The van der Waals surface area contributed by atoms with Gasteiger partial charge in [0.25, 0.3) is 0 Å². The predicted octanol–water partition coefficient (Wildman–Crippen LogP) is 1.93. The number of ether oxygens (including phenoxy) is 1. The van der Waals surface area contributed by atoms with Gasteiger partial charge in [0.2, 0.25) is 0 Å². The molecule has 0 aromatic heterocycles. The van der Waals surface area contributed by atoms with Gasteiger partial charge in [0.15, 0.2) is 5.78 Å². The van der Waals surface area contributed by atoms with Crippen LogP contribution in [0.15, 0.2) is 30.3 Å². The van der Waals surface area contributed by atoms with E-state index in [1.54, 1.807) is 6.92 Å². The Bertz CT molecular complexity index is 376. The summed E-state index contributed by atoms with van der Waals surface area (Å²) in [5.41, 5.74) is 1.01. The highest BCUT2D eigenvalue weighted by Crippen LogP contribution is 2.05. The number of amides is 1. The smallest absolute Gasteiger partial charge is 0.407 e. The van der Waals surface area contributed by atoms with Crippen molar-refractivity contribution in [2.75, 3.05) is 7.11 Å². The van der Waals surface area contributed by atoms with Crippen LogP contribution in [0.5, 0.6) is 0 Å². The second-order valence-electron chi connectivity index (χ2n) is 3.70. The Morgan fingerprint density at radius 2 is 1.94 bits per heavy atom. The topological polar surface area (TPSA) is 55.4 Å². The molecule has 0 spiro atoms. The standard InChI is InChI=1S/C13H17NO3/c1-3-12(15)11(14-13(16)17-2)9-10-7-5-4-6-8-10/h4-8,11H,3,9H2,1-2H3,(H,14,16). The number of Topliss-reactive ketones (excluding diaryl/α,β-unsaturated/α-hetero) is 1. The summed E-state index contributed by atoms with van der Waals surface area (Å²) >= 11 is 0. The van der Waals surface area contributed by atoms with Gasteiger partial charge in [0.05, 0.1) is 13.2 Å². The van der Waals surface area contributed by atoms with Crippen LogP contribution >= 0.6 is 0 Å². The van der Waals surface area contributed by atoms with Crippen LogP contribution in [0.4, 0.5) is 4.79 Å². The van der Waals surface area contributed by atoms with Gasteiger partial charge in [-0.3, -0.25) is 4.79 Å². The minimum absolute atomic E-state index is 0.000692. The quantitative estimate of drug-likeness (QED) is 0.848. The Morgan fingerprint density at radius 1 is 1.29 bits per heavy atom. The first kappa shape index (κ1) is 13.2. The second-order valence-corrected chi connectivity index (χ2v) is 3.70. The number of carbonyl (C=O) groups excluding carboxylic acids is 2. The maximum Gasteiger partial charge on any atom is 0.407 e. The number of hydrogen-bond donors (Lipinski definition) is 1. The highest BCUT2D eigenvalue weighted by Gasteiger charge is 2.19. The van der Waals surface area contributed by atoms with Gasteiger partial charge in [-0.25, -0.2) is 4.79 Å². The summed E-state index contributed by atoms with van der Waals surface area (Å²) in [4.78, 5) is 22.8. The van der Waals surface area contributed by atoms with Gasteiger partial charge >= 0.3 is 6.09 Å². The number of methoxy groups -OCH3 is 1. The lowest BCUT2D eigenvalue weighted by atomic mass is 10.0. The summed E-state index contributed by atoms with van der Waals surface area (Å²) in [6, 6.07) is 9.05. The molecule has 1 aromatic rings. The normalized spacial score (nSPS) is 11.6. The van der Waals surface area contributed by atoms with Gasteiger partial charge < -0.3 is 10.1 Å². The number of hydrogen-bond acceptors (Lipinski definition) is 3. The summed E-state index contributed by atoms with van der Waals surface area (Å²) < 4.78 is 4.51. The van der Waals surface area contributed by atoms with Crippen LogP contribution in [0.3, 0.4) is 0 Å². The summed E-state index contributed by atoms with van der Waals surface area (Å²) in [5.74, 6) is -0.000692. The van der Waals surface area contributed by atoms with E-state index in [1.807, 2.05) is 30.3 Å². The fraction of sp³-hybridized carbons (Fsp3) is 0.385. The molecule has 0 fully saturated rings. The molecule has 1 atom stereocenters. The van der Waals surface area contributed by atoms with Crippen molar-refractivity contribution in [3.8, 4) is 0 Å². The van der Waals surface area contributed by atoms with Gasteiger partial charge in [-0.1, -0.05) is 37.3 Å². The first-order valence-electron chi connectivity index (χ1n) is 5.58. The molecule has 0 saturated carbocycles. The SMILES string of the molecule is CCC(=O)C(Cc1ccccc1)NC(=O)OC. The van der Waals surface area contributed by atoms with Crippen LogP contribution in [0.1, 0.15) is 18.9 Å². The van der Waals surface area contributed by atoms with Gasteiger partial charge in [-0.2, -0.15) is 0 Å². The zero-order valence-electron chi connectivity index (χ0n) is 10.1. The molecular weight excluding hydrogens is 218 g/mol. The Hall–Kier alpha value is -1.84. The van der Waals surface area contributed by atoms with Crippen LogP contribution in [-0.2, 0) is 16.0 Å². The zero-order chi connectivity index (χ0) is 12.7. The number of alkyl carbamates (subject to hydrolysis) is 1. The van der Waals surface area contributed by atoms with E-state index in [0.717, 1.165) is 5.56 Å². The molecule has 0 bridgehead atoms. The first-order valence-corrected chi connectivity index (χ1v) is 5.58. The van der Waals surface area contributed by atoms with Crippen LogP contribution in [0.25, 0.3) is 0 Å². The minimum atomic E-state index is -0.576. The van der Waals surface area contributed by atoms with Crippen molar-refractivity contribution in [3.05, 3.63) is 35.9 Å². The number of benzene rings is 1. The lowest BCUT2D eigenvalue weighted by molar-refractivity contribution is -0.120. The van der Waals surface area contributed by atoms with Crippen LogP contribution in [0.2, 0.25) is 0 Å². The minimum Gasteiger partial charge on any atom is -0.453 e. The van der Waals surface area contributed by atoms with E-state index in [4.69, 9.17) is 0 Å². The third-order valence-corrected chi connectivity index (χ3v) is 2.50. The van der Waals surface area contributed by atoms with E-state index < -0.39 is 12.1 Å². The summed E-state index contributed by atoms with van der Waals surface area (Å²) in [5, 5.41) is 2.56. The molecule has 17 heavy (non-hydrogen) atoms. The van der Waals surface area contributed by atoms with Crippen LogP contribution < -0.4 is 5.32 Å².